The van der Waals surface area contributed by atoms with Crippen molar-refractivity contribution in [3.05, 3.63) is 99.1 Å². The van der Waals surface area contributed by atoms with Crippen LogP contribution in [0.4, 0.5) is 17.1 Å². The van der Waals surface area contributed by atoms with Crippen molar-refractivity contribution in [3.63, 3.8) is 0 Å². The molecule has 0 aliphatic carbocycles. The SMILES string of the molecule is CC(=O)c1cccc(NC(=O)c2ccc(N3C(=O)c4ccc([N+](=O)[O-])cc4C3=O)cc2)c1. The van der Waals surface area contributed by atoms with Crippen LogP contribution in [-0.4, -0.2) is 28.4 Å². The van der Waals surface area contributed by atoms with Gasteiger partial charge in [0.2, 0.25) is 0 Å². The van der Waals surface area contributed by atoms with Crippen LogP contribution >= 0.6 is 0 Å². The Morgan fingerprint density at radius 2 is 1.56 bits per heavy atom. The molecule has 9 nitrogen and oxygen atoms in total. The molecule has 3 aromatic carbocycles. The number of ketones is 1. The summed E-state index contributed by atoms with van der Waals surface area (Å²) in [7, 11) is 0. The fourth-order valence-electron chi connectivity index (χ4n) is 3.36. The zero-order valence-electron chi connectivity index (χ0n) is 16.7. The van der Waals surface area contributed by atoms with Crippen LogP contribution in [0, 0.1) is 10.1 Å². The number of nitro benzene ring substituents is 1. The molecule has 0 spiro atoms. The topological polar surface area (TPSA) is 127 Å². The van der Waals surface area contributed by atoms with Crippen molar-refractivity contribution in [1.29, 1.82) is 0 Å². The second kappa shape index (κ2) is 7.88. The number of amides is 3. The number of imide groups is 1. The molecule has 32 heavy (non-hydrogen) atoms. The molecule has 1 aliphatic heterocycles. The number of benzene rings is 3. The van der Waals surface area contributed by atoms with Crippen molar-refractivity contribution in [1.82, 2.24) is 0 Å². The molecule has 4 rings (SSSR count). The van der Waals surface area contributed by atoms with E-state index in [1.54, 1.807) is 24.3 Å². The minimum Gasteiger partial charge on any atom is -0.322 e. The summed E-state index contributed by atoms with van der Waals surface area (Å²) in [5.74, 6) is -1.84. The molecule has 3 aromatic rings. The number of hydrogen-bond acceptors (Lipinski definition) is 6. The van der Waals surface area contributed by atoms with Gasteiger partial charge in [-0.25, -0.2) is 4.90 Å². The van der Waals surface area contributed by atoms with Crippen LogP contribution in [0.15, 0.2) is 66.7 Å². The number of Topliss-reactive ketones (excluding diaryl/α,β-unsaturated/α-hetero) is 1. The monoisotopic (exact) mass is 429 g/mol. The molecule has 1 heterocycles. The van der Waals surface area contributed by atoms with Crippen molar-refractivity contribution < 1.29 is 24.1 Å². The average Bonchev–Trinajstić information content (AvgIpc) is 3.03. The van der Waals surface area contributed by atoms with Crippen LogP contribution in [0.5, 0.6) is 0 Å². The predicted molar refractivity (Wildman–Crippen MR) is 115 cm³/mol. The number of nitro groups is 1. The Labute approximate surface area is 181 Å². The highest BCUT2D eigenvalue weighted by molar-refractivity contribution is 6.34. The first kappa shape index (κ1) is 20.6. The first-order chi connectivity index (χ1) is 15.3. The van der Waals surface area contributed by atoms with Gasteiger partial charge in [0.1, 0.15) is 0 Å². The van der Waals surface area contributed by atoms with Gasteiger partial charge in [0, 0.05) is 28.9 Å². The molecule has 1 N–H and O–H groups in total. The largest absolute Gasteiger partial charge is 0.322 e. The van der Waals surface area contributed by atoms with E-state index in [9.17, 15) is 29.3 Å². The van der Waals surface area contributed by atoms with Crippen molar-refractivity contribution in [2.75, 3.05) is 10.2 Å². The van der Waals surface area contributed by atoms with Gasteiger partial charge in [0.25, 0.3) is 23.4 Å². The number of anilines is 2. The number of nitrogens with one attached hydrogen (secondary N) is 1. The number of carbonyl (C=O) groups is 4. The maximum Gasteiger partial charge on any atom is 0.270 e. The molecule has 0 aromatic heterocycles. The van der Waals surface area contributed by atoms with E-state index in [-0.39, 0.29) is 33.8 Å². The second-order valence-electron chi connectivity index (χ2n) is 7.07. The Balaban J connectivity index is 1.55. The quantitative estimate of drug-likeness (QED) is 0.284. The van der Waals surface area contributed by atoms with Gasteiger partial charge in [0.15, 0.2) is 5.78 Å². The van der Waals surface area contributed by atoms with Crippen LogP contribution in [0.1, 0.15) is 48.4 Å². The molecule has 0 bridgehead atoms. The number of fused-ring (bicyclic) bond motifs is 1. The van der Waals surface area contributed by atoms with Crippen molar-refractivity contribution >= 4 is 40.6 Å². The highest BCUT2D eigenvalue weighted by Gasteiger charge is 2.37. The maximum absolute atomic E-state index is 12.7. The number of non-ortho nitro benzene ring substituents is 1. The minimum absolute atomic E-state index is 0.0450. The molecule has 9 heteroatoms. The van der Waals surface area contributed by atoms with E-state index in [4.69, 9.17) is 0 Å². The zero-order chi connectivity index (χ0) is 23.0. The third-order valence-corrected chi connectivity index (χ3v) is 5.00. The highest BCUT2D eigenvalue weighted by atomic mass is 16.6. The van der Waals surface area contributed by atoms with Crippen LogP contribution in [-0.2, 0) is 0 Å². The van der Waals surface area contributed by atoms with Gasteiger partial charge in [-0.15, -0.1) is 0 Å². The number of carbonyl (C=O) groups excluding carboxylic acids is 4. The van der Waals surface area contributed by atoms with Crippen LogP contribution in [0.2, 0.25) is 0 Å². The summed E-state index contributed by atoms with van der Waals surface area (Å²) in [6.07, 6.45) is 0. The Kier molecular flexibility index (Phi) is 5.07. The van der Waals surface area contributed by atoms with Gasteiger partial charge in [-0.05, 0) is 49.4 Å². The van der Waals surface area contributed by atoms with E-state index < -0.39 is 22.6 Å². The van der Waals surface area contributed by atoms with Gasteiger partial charge >= 0.3 is 0 Å². The normalized spacial score (nSPS) is 12.5. The van der Waals surface area contributed by atoms with E-state index in [2.05, 4.69) is 5.32 Å². The van der Waals surface area contributed by atoms with Crippen LogP contribution in [0.25, 0.3) is 0 Å². The lowest BCUT2D eigenvalue weighted by Gasteiger charge is -2.14. The van der Waals surface area contributed by atoms with E-state index in [0.29, 0.717) is 11.3 Å². The van der Waals surface area contributed by atoms with Crippen molar-refractivity contribution in [2.45, 2.75) is 6.92 Å². The summed E-state index contributed by atoms with van der Waals surface area (Å²) in [6, 6.07) is 15.8. The van der Waals surface area contributed by atoms with Crippen LogP contribution in [0.3, 0.4) is 0 Å². The highest BCUT2D eigenvalue weighted by Crippen LogP contribution is 2.31. The summed E-state index contributed by atoms with van der Waals surface area (Å²) in [5, 5.41) is 13.7. The molecule has 0 saturated carbocycles. The van der Waals surface area contributed by atoms with Gasteiger partial charge in [-0.2, -0.15) is 0 Å². The standard InChI is InChI=1S/C23H15N3O6/c1-13(27)15-3-2-4-16(11-15)24-21(28)14-5-7-17(8-6-14)25-22(29)19-10-9-18(26(31)32)12-20(19)23(25)30/h2-12H,1H3,(H,24,28). The second-order valence-corrected chi connectivity index (χ2v) is 7.07. The van der Waals surface area contributed by atoms with Crippen molar-refractivity contribution in [3.8, 4) is 0 Å². The van der Waals surface area contributed by atoms with E-state index >= 15 is 0 Å². The maximum atomic E-state index is 12.7. The number of rotatable bonds is 5. The van der Waals surface area contributed by atoms with E-state index in [1.807, 2.05) is 0 Å². The van der Waals surface area contributed by atoms with Gasteiger partial charge < -0.3 is 5.32 Å². The Morgan fingerprint density at radius 1 is 0.875 bits per heavy atom. The first-order valence-corrected chi connectivity index (χ1v) is 9.46. The molecular weight excluding hydrogens is 414 g/mol. The predicted octanol–water partition coefficient (Wildman–Crippen LogP) is 3.85. The van der Waals surface area contributed by atoms with Crippen LogP contribution < -0.4 is 10.2 Å². The Bertz CT molecular complexity index is 1310. The lowest BCUT2D eigenvalue weighted by Crippen LogP contribution is -2.29. The summed E-state index contributed by atoms with van der Waals surface area (Å²) in [6.45, 7) is 1.43. The molecule has 158 valence electrons. The molecule has 3 amide bonds. The number of nitrogens with zero attached hydrogens (tertiary/aromatic N) is 2. The van der Waals surface area contributed by atoms with E-state index in [1.165, 1.54) is 43.3 Å². The molecule has 0 unspecified atom stereocenters. The molecule has 0 radical (unpaired) electrons. The lowest BCUT2D eigenvalue weighted by molar-refractivity contribution is -0.384. The average molecular weight is 429 g/mol. The van der Waals surface area contributed by atoms with E-state index in [0.717, 1.165) is 11.0 Å². The molecule has 0 atom stereocenters. The zero-order valence-corrected chi connectivity index (χ0v) is 16.7. The molecule has 0 saturated heterocycles. The fourth-order valence-corrected chi connectivity index (χ4v) is 3.36. The summed E-state index contributed by atoms with van der Waals surface area (Å²) in [4.78, 5) is 60.6. The van der Waals surface area contributed by atoms with Gasteiger partial charge in [-0.1, -0.05) is 12.1 Å². The minimum atomic E-state index is -0.674. The van der Waals surface area contributed by atoms with Crippen molar-refractivity contribution in [2.24, 2.45) is 0 Å². The molecular formula is C23H15N3O6. The summed E-state index contributed by atoms with van der Waals surface area (Å²) >= 11 is 0. The first-order valence-electron chi connectivity index (χ1n) is 9.46. The Morgan fingerprint density at radius 3 is 2.22 bits per heavy atom. The molecule has 0 fully saturated rings. The van der Waals surface area contributed by atoms with Gasteiger partial charge in [0.05, 0.1) is 21.7 Å². The summed E-state index contributed by atoms with van der Waals surface area (Å²) < 4.78 is 0. The third kappa shape index (κ3) is 3.63. The Hall–Kier alpha value is -4.66. The summed E-state index contributed by atoms with van der Waals surface area (Å²) in [5.41, 5.74) is 1.16. The fraction of sp³-hybridized carbons (Fsp3) is 0.0435. The lowest BCUT2D eigenvalue weighted by atomic mass is 10.1. The smallest absolute Gasteiger partial charge is 0.270 e. The molecule has 1 aliphatic rings. The third-order valence-electron chi connectivity index (χ3n) is 5.00. The number of hydrogen-bond donors (Lipinski definition) is 1. The van der Waals surface area contributed by atoms with Gasteiger partial charge in [-0.3, -0.25) is 29.3 Å².